The van der Waals surface area contributed by atoms with Gasteiger partial charge in [0.2, 0.25) is 5.91 Å². The lowest BCUT2D eigenvalue weighted by atomic mass is 10.1. The Morgan fingerprint density at radius 1 is 0.947 bits per heavy atom. The van der Waals surface area contributed by atoms with Gasteiger partial charge in [-0.2, -0.15) is 0 Å². The maximum atomic E-state index is 11.8. The first kappa shape index (κ1) is 17.1. The zero-order valence-electron chi connectivity index (χ0n) is 10.9. The Morgan fingerprint density at radius 2 is 1.42 bits per heavy atom. The van der Waals surface area contributed by atoms with Gasteiger partial charge in [0, 0.05) is 19.6 Å². The van der Waals surface area contributed by atoms with Crippen molar-refractivity contribution in [2.75, 3.05) is 19.6 Å². The minimum absolute atomic E-state index is 0.221. The number of aliphatic hydroxyl groups excluding tert-OH is 1. The van der Waals surface area contributed by atoms with E-state index >= 15 is 0 Å². The highest BCUT2D eigenvalue weighted by molar-refractivity contribution is 5.91. The summed E-state index contributed by atoms with van der Waals surface area (Å²) in [6.07, 6.45) is 3.02. The predicted molar refractivity (Wildman–Crippen MR) is 74.4 cm³/mol. The van der Waals surface area contributed by atoms with E-state index in [1.807, 2.05) is 0 Å². The van der Waals surface area contributed by atoms with E-state index in [1.54, 1.807) is 0 Å². The van der Waals surface area contributed by atoms with E-state index in [2.05, 4.69) is 35.7 Å². The topological polar surface area (TPSA) is 90.5 Å². The van der Waals surface area contributed by atoms with Gasteiger partial charge in [-0.3, -0.25) is 14.9 Å². The molecule has 0 radical (unpaired) electrons. The summed E-state index contributed by atoms with van der Waals surface area (Å²) < 4.78 is 0. The van der Waals surface area contributed by atoms with Crippen LogP contribution in [0, 0.1) is 0 Å². The van der Waals surface area contributed by atoms with Gasteiger partial charge in [-0.1, -0.05) is 18.2 Å². The molecule has 0 bridgehead atoms. The van der Waals surface area contributed by atoms with E-state index in [1.165, 1.54) is 18.2 Å². The first-order chi connectivity index (χ1) is 9.08. The van der Waals surface area contributed by atoms with Gasteiger partial charge in [0.05, 0.1) is 0 Å². The third-order valence-corrected chi connectivity index (χ3v) is 2.19. The van der Waals surface area contributed by atoms with Crippen molar-refractivity contribution < 1.29 is 14.7 Å². The highest BCUT2D eigenvalue weighted by Crippen LogP contribution is 1.95. The molecule has 0 saturated carbocycles. The van der Waals surface area contributed by atoms with Crippen molar-refractivity contribution in [3.63, 3.8) is 0 Å². The summed E-state index contributed by atoms with van der Waals surface area (Å²) in [4.78, 5) is 23.4. The lowest BCUT2D eigenvalue weighted by Gasteiger charge is -2.22. The van der Waals surface area contributed by atoms with Crippen molar-refractivity contribution in [2.24, 2.45) is 0 Å². The van der Waals surface area contributed by atoms with Gasteiger partial charge in [0.25, 0.3) is 5.91 Å². The smallest absolute Gasteiger partial charge is 0.251 e. The summed E-state index contributed by atoms with van der Waals surface area (Å²) in [7, 11) is 0. The number of aliphatic hydroxyl groups is 1. The van der Waals surface area contributed by atoms with Crippen molar-refractivity contribution in [3.05, 3.63) is 38.0 Å². The SMILES string of the molecule is C=CCNC(=O)[C@@H](O)[C@@H](NCC=C)C(=O)NCC=C. The summed E-state index contributed by atoms with van der Waals surface area (Å²) in [5.74, 6) is -1.13. The van der Waals surface area contributed by atoms with Gasteiger partial charge in [0.15, 0.2) is 6.10 Å². The summed E-state index contributed by atoms with van der Waals surface area (Å²) >= 11 is 0. The molecule has 6 nitrogen and oxygen atoms in total. The summed E-state index contributed by atoms with van der Waals surface area (Å²) in [5, 5.41) is 17.6. The van der Waals surface area contributed by atoms with Crippen molar-refractivity contribution in [1.82, 2.24) is 16.0 Å². The maximum absolute atomic E-state index is 11.8. The van der Waals surface area contributed by atoms with Gasteiger partial charge in [-0.25, -0.2) is 0 Å². The predicted octanol–water partition coefficient (Wildman–Crippen LogP) is -0.904. The molecule has 0 aliphatic heterocycles. The molecule has 6 heteroatoms. The molecule has 0 spiro atoms. The van der Waals surface area contributed by atoms with E-state index < -0.39 is 24.0 Å². The summed E-state index contributed by atoms with van der Waals surface area (Å²) in [5.41, 5.74) is 0. The number of amides is 2. The van der Waals surface area contributed by atoms with Crippen molar-refractivity contribution in [2.45, 2.75) is 12.1 Å². The van der Waals surface area contributed by atoms with Crippen LogP contribution in [0.1, 0.15) is 0 Å². The molecule has 0 aromatic carbocycles. The molecule has 2 atom stereocenters. The summed E-state index contributed by atoms with van der Waals surface area (Å²) in [6.45, 7) is 11.2. The largest absolute Gasteiger partial charge is 0.381 e. The first-order valence-electron chi connectivity index (χ1n) is 5.88. The Balaban J connectivity index is 4.65. The van der Waals surface area contributed by atoms with Crippen LogP contribution in [0.5, 0.6) is 0 Å². The standard InChI is InChI=1S/C13H21N3O3/c1-4-7-14-10(12(18)15-8-5-2)11(17)13(19)16-9-6-3/h4-6,10-11,14,17H,1-3,7-9H2,(H,15,18)(H,16,19)/t10-,11+/m1/s1. The lowest BCUT2D eigenvalue weighted by molar-refractivity contribution is -0.137. The Morgan fingerprint density at radius 3 is 1.89 bits per heavy atom. The Kier molecular flexibility index (Phi) is 9.03. The Bertz CT molecular complexity index is 342. The van der Waals surface area contributed by atoms with Gasteiger partial charge in [-0.05, 0) is 0 Å². The highest BCUT2D eigenvalue weighted by Gasteiger charge is 2.30. The van der Waals surface area contributed by atoms with Crippen LogP contribution in [0.15, 0.2) is 38.0 Å². The molecule has 0 heterocycles. The average molecular weight is 267 g/mol. The van der Waals surface area contributed by atoms with Crippen LogP contribution in [0.4, 0.5) is 0 Å². The molecule has 106 valence electrons. The molecule has 0 unspecified atom stereocenters. The van der Waals surface area contributed by atoms with Crippen LogP contribution in [0.2, 0.25) is 0 Å². The molecule has 0 saturated heterocycles. The summed E-state index contributed by atoms with van der Waals surface area (Å²) in [6, 6.07) is -1.05. The van der Waals surface area contributed by atoms with E-state index in [0.29, 0.717) is 0 Å². The van der Waals surface area contributed by atoms with E-state index in [4.69, 9.17) is 0 Å². The molecule has 0 aromatic heterocycles. The number of rotatable bonds is 10. The van der Waals surface area contributed by atoms with Crippen LogP contribution in [0.25, 0.3) is 0 Å². The zero-order chi connectivity index (χ0) is 14.7. The van der Waals surface area contributed by atoms with E-state index in [-0.39, 0.29) is 19.6 Å². The van der Waals surface area contributed by atoms with Crippen molar-refractivity contribution in [3.8, 4) is 0 Å². The highest BCUT2D eigenvalue weighted by atomic mass is 16.3. The minimum atomic E-state index is -1.50. The molecule has 4 N–H and O–H groups in total. The molecule has 0 aliphatic rings. The Hall–Kier alpha value is -1.92. The second-order valence-corrected chi connectivity index (χ2v) is 3.69. The number of nitrogens with one attached hydrogen (secondary N) is 3. The van der Waals surface area contributed by atoms with Gasteiger partial charge in [-0.15, -0.1) is 19.7 Å². The van der Waals surface area contributed by atoms with Crippen LogP contribution < -0.4 is 16.0 Å². The third-order valence-electron chi connectivity index (χ3n) is 2.19. The average Bonchev–Trinajstić information content (AvgIpc) is 2.42. The minimum Gasteiger partial charge on any atom is -0.381 e. The molecule has 2 amide bonds. The third kappa shape index (κ3) is 6.54. The fourth-order valence-corrected chi connectivity index (χ4v) is 1.27. The van der Waals surface area contributed by atoms with Crippen molar-refractivity contribution in [1.29, 1.82) is 0 Å². The van der Waals surface area contributed by atoms with E-state index in [9.17, 15) is 14.7 Å². The van der Waals surface area contributed by atoms with Crippen molar-refractivity contribution >= 4 is 11.8 Å². The molecule has 0 aromatic rings. The monoisotopic (exact) mass is 267 g/mol. The van der Waals surface area contributed by atoms with Gasteiger partial charge >= 0.3 is 0 Å². The normalized spacial score (nSPS) is 12.9. The van der Waals surface area contributed by atoms with Crippen LogP contribution in [-0.4, -0.2) is 48.7 Å². The fourth-order valence-electron chi connectivity index (χ4n) is 1.27. The second kappa shape index (κ2) is 10.0. The maximum Gasteiger partial charge on any atom is 0.251 e. The molecule has 0 fully saturated rings. The molecular weight excluding hydrogens is 246 g/mol. The molecule has 0 rings (SSSR count). The second-order valence-electron chi connectivity index (χ2n) is 3.69. The fraction of sp³-hybridized carbons (Fsp3) is 0.385. The Labute approximate surface area is 113 Å². The van der Waals surface area contributed by atoms with Gasteiger partial charge < -0.3 is 15.7 Å². The molecular formula is C13H21N3O3. The number of carbonyl (C=O) groups is 2. The molecule has 0 aliphatic carbocycles. The number of hydrogen-bond acceptors (Lipinski definition) is 4. The quantitative estimate of drug-likeness (QED) is 0.386. The van der Waals surface area contributed by atoms with Gasteiger partial charge in [0.1, 0.15) is 6.04 Å². The number of hydrogen-bond donors (Lipinski definition) is 4. The van der Waals surface area contributed by atoms with Crippen LogP contribution in [-0.2, 0) is 9.59 Å². The number of carbonyl (C=O) groups excluding carboxylic acids is 2. The van der Waals surface area contributed by atoms with Crippen LogP contribution >= 0.6 is 0 Å². The first-order valence-corrected chi connectivity index (χ1v) is 5.88. The van der Waals surface area contributed by atoms with Crippen LogP contribution in [0.3, 0.4) is 0 Å². The lowest BCUT2D eigenvalue weighted by Crippen LogP contribution is -2.56. The van der Waals surface area contributed by atoms with E-state index in [0.717, 1.165) is 0 Å². The molecule has 19 heavy (non-hydrogen) atoms. The zero-order valence-corrected chi connectivity index (χ0v) is 10.9.